The Morgan fingerprint density at radius 3 is 2.18 bits per heavy atom. The third kappa shape index (κ3) is 8.62. The Morgan fingerprint density at radius 2 is 1.45 bits per heavy atom. The number of aryl methyl sites for hydroxylation is 1. The summed E-state index contributed by atoms with van der Waals surface area (Å²) in [6.07, 6.45) is 3.34. The number of non-ortho nitro benzene ring substituents is 1. The summed E-state index contributed by atoms with van der Waals surface area (Å²) in [5.41, 5.74) is 6.78. The highest BCUT2D eigenvalue weighted by molar-refractivity contribution is 7.89. The molecule has 2 atom stereocenters. The van der Waals surface area contributed by atoms with Gasteiger partial charge < -0.3 is 28.4 Å². The molecule has 9 rings (SSSR count). The summed E-state index contributed by atoms with van der Waals surface area (Å²) in [7, 11) is 5.22. The molecule has 14 nitrogen and oxygen atoms in total. The molecule has 0 saturated carbocycles. The Balaban J connectivity index is 1.14. The Morgan fingerprint density at radius 1 is 0.774 bits per heavy atom. The quantitative estimate of drug-likeness (QED) is 0.0776. The largest absolute Gasteiger partial charge is 0.493 e. The van der Waals surface area contributed by atoms with Crippen molar-refractivity contribution < 1.29 is 41.8 Å². The van der Waals surface area contributed by atoms with Gasteiger partial charge in [-0.3, -0.25) is 19.9 Å². The number of rotatable bonds is 11. The van der Waals surface area contributed by atoms with Gasteiger partial charge in [-0.25, -0.2) is 13.1 Å². The van der Waals surface area contributed by atoms with Gasteiger partial charge in [0.1, 0.15) is 5.75 Å². The molecule has 0 amide bonds. The molecular weight excluding hydrogens is 813 g/mol. The molecule has 4 aliphatic rings. The first-order chi connectivity index (χ1) is 29.9. The van der Waals surface area contributed by atoms with E-state index in [2.05, 4.69) is 58.9 Å². The number of methoxy groups -OCH3 is 3. The molecule has 0 saturated heterocycles. The second-order valence-electron chi connectivity index (χ2n) is 16.1. The number of sulfonamides is 1. The molecule has 5 aromatic rings. The minimum absolute atomic E-state index is 0.0550. The van der Waals surface area contributed by atoms with Crippen molar-refractivity contribution in [2.75, 3.05) is 61.7 Å². The van der Waals surface area contributed by atoms with Crippen LogP contribution in [0.1, 0.15) is 57.4 Å². The first-order valence-corrected chi connectivity index (χ1v) is 22.2. The van der Waals surface area contributed by atoms with E-state index in [1.807, 2.05) is 30.3 Å². The lowest BCUT2D eigenvalue weighted by atomic mass is 9.87. The molecule has 6 bridgehead atoms. The van der Waals surface area contributed by atoms with Crippen LogP contribution in [0.3, 0.4) is 0 Å². The van der Waals surface area contributed by atoms with Crippen molar-refractivity contribution in [1.29, 1.82) is 0 Å². The van der Waals surface area contributed by atoms with E-state index in [1.165, 1.54) is 23.3 Å². The molecule has 0 radical (unpaired) electrons. The van der Waals surface area contributed by atoms with Crippen LogP contribution in [-0.4, -0.2) is 84.8 Å². The number of nitrogens with zero attached hydrogens (tertiary/aromatic N) is 3. The summed E-state index contributed by atoms with van der Waals surface area (Å²) in [5.74, 6) is 4.60. The topological polar surface area (TPSA) is 151 Å². The highest BCUT2D eigenvalue weighted by atomic mass is 32.2. The smallest absolute Gasteiger partial charge is 0.270 e. The van der Waals surface area contributed by atoms with Gasteiger partial charge >= 0.3 is 0 Å². The highest BCUT2D eigenvalue weighted by Crippen LogP contribution is 2.52. The van der Waals surface area contributed by atoms with Crippen molar-refractivity contribution in [3.05, 3.63) is 128 Å². The predicted molar refractivity (Wildman–Crippen MR) is 234 cm³/mol. The maximum atomic E-state index is 13.1. The fourth-order valence-electron chi connectivity index (χ4n) is 8.76. The molecule has 4 aliphatic heterocycles. The van der Waals surface area contributed by atoms with Gasteiger partial charge in [-0.15, -0.1) is 0 Å². The lowest BCUT2D eigenvalue weighted by Crippen LogP contribution is -2.34. The van der Waals surface area contributed by atoms with Gasteiger partial charge in [0.2, 0.25) is 15.8 Å². The van der Waals surface area contributed by atoms with E-state index in [-0.39, 0.29) is 35.8 Å². The second kappa shape index (κ2) is 17.8. The predicted octanol–water partition coefficient (Wildman–Crippen LogP) is 8.12. The van der Waals surface area contributed by atoms with Crippen molar-refractivity contribution >= 4 is 15.7 Å². The van der Waals surface area contributed by atoms with E-state index in [4.69, 9.17) is 28.4 Å². The average Bonchev–Trinajstić information content (AvgIpc) is 3.26. The summed E-state index contributed by atoms with van der Waals surface area (Å²) >= 11 is 0. The molecule has 0 aromatic heterocycles. The number of nitro benzene ring substituents is 1. The van der Waals surface area contributed by atoms with E-state index in [9.17, 15) is 18.5 Å². The third-order valence-electron chi connectivity index (χ3n) is 12.2. The van der Waals surface area contributed by atoms with Gasteiger partial charge in [-0.2, -0.15) is 0 Å². The number of nitrogens with one attached hydrogen (secondary N) is 1. The minimum atomic E-state index is -4.00. The molecular formula is C47H52N4O10S. The van der Waals surface area contributed by atoms with Gasteiger partial charge in [-0.1, -0.05) is 24.3 Å². The fraction of sp³-hybridized carbons (Fsp3) is 0.362. The zero-order valence-corrected chi connectivity index (χ0v) is 36.7. The fourth-order valence-corrected chi connectivity index (χ4v) is 10.1. The summed E-state index contributed by atoms with van der Waals surface area (Å²) in [5, 5.41) is 11.3. The van der Waals surface area contributed by atoms with Gasteiger partial charge in [0, 0.05) is 49.4 Å². The molecule has 62 heavy (non-hydrogen) atoms. The van der Waals surface area contributed by atoms with Crippen molar-refractivity contribution in [2.24, 2.45) is 0 Å². The van der Waals surface area contributed by atoms with Gasteiger partial charge in [0.05, 0.1) is 37.8 Å². The summed E-state index contributed by atoms with van der Waals surface area (Å²) in [4.78, 5) is 15.3. The van der Waals surface area contributed by atoms with Crippen LogP contribution in [0.4, 0.5) is 5.69 Å². The van der Waals surface area contributed by atoms with Crippen molar-refractivity contribution in [3.8, 4) is 46.0 Å². The molecule has 5 aromatic carbocycles. The van der Waals surface area contributed by atoms with Crippen LogP contribution >= 0.6 is 0 Å². The maximum absolute atomic E-state index is 13.1. The van der Waals surface area contributed by atoms with Gasteiger partial charge in [-0.05, 0) is 129 Å². The molecule has 0 aliphatic carbocycles. The minimum Gasteiger partial charge on any atom is -0.493 e. The number of hydrogen-bond donors (Lipinski definition) is 1. The first kappa shape index (κ1) is 42.8. The van der Waals surface area contributed by atoms with E-state index in [1.54, 1.807) is 28.3 Å². The monoisotopic (exact) mass is 864 g/mol. The van der Waals surface area contributed by atoms with E-state index in [0.29, 0.717) is 64.4 Å². The zero-order chi connectivity index (χ0) is 43.7. The van der Waals surface area contributed by atoms with Crippen LogP contribution < -0.4 is 33.1 Å². The molecule has 2 unspecified atom stereocenters. The Labute approximate surface area is 362 Å². The number of likely N-dealkylation sites (N-methyl/N-ethyl adjacent to an activating group) is 2. The molecule has 1 N–H and O–H groups in total. The van der Waals surface area contributed by atoms with E-state index < -0.39 is 14.9 Å². The Kier molecular flexibility index (Phi) is 12.3. The van der Waals surface area contributed by atoms with E-state index >= 15 is 0 Å². The number of fused-ring (bicyclic) bond motifs is 2. The molecule has 326 valence electrons. The number of nitro groups is 1. The molecule has 0 spiro atoms. The maximum Gasteiger partial charge on any atom is 0.270 e. The average molecular weight is 865 g/mol. The standard InChI is InChI=1S/C47H52N4O10S/c1-29-8-12-34(51(52)53)27-44(29)62(54,55)48-18-7-21-59-39-15-11-31-23-38-45-33(17-20-50(38)3)26-43(57-5)46(58-6)47(45)61-42-28-36-32(25-40(42)56-4)16-19-49(2)37(36)22-30-9-13-35(14-10-30)60-41(39)24-31/h8-15,24-28,37-38,48H,7,16-23H2,1-6H3. The van der Waals surface area contributed by atoms with Crippen molar-refractivity contribution in [3.63, 3.8) is 0 Å². The number of benzene rings is 5. The number of ether oxygens (including phenoxy) is 6. The SMILES string of the molecule is COc1cc2c3cc1Oc1c(OC)c(OC)cc4c1C(Cc1ccc(OCCCNS(=O)(=O)c5cc([N+](=O)[O-])ccc5C)c(c1)Oc1ccc(cc1)CC3N(C)CC2)N(C)CC4. The lowest BCUT2D eigenvalue weighted by molar-refractivity contribution is -0.385. The van der Waals surface area contributed by atoms with Crippen LogP contribution in [-0.2, 0) is 35.7 Å². The van der Waals surface area contributed by atoms with Gasteiger partial charge in [0.15, 0.2) is 34.5 Å². The van der Waals surface area contributed by atoms with Gasteiger partial charge in [0.25, 0.3) is 5.69 Å². The Bertz CT molecular complexity index is 2600. The third-order valence-corrected chi connectivity index (χ3v) is 13.8. The second-order valence-corrected chi connectivity index (χ2v) is 17.8. The molecule has 15 heteroatoms. The van der Waals surface area contributed by atoms with E-state index in [0.717, 1.165) is 60.7 Å². The summed E-state index contributed by atoms with van der Waals surface area (Å²) in [6, 6.07) is 24.1. The van der Waals surface area contributed by atoms with Crippen LogP contribution in [0.2, 0.25) is 0 Å². The Hall–Kier alpha value is -5.87. The van der Waals surface area contributed by atoms with Crippen LogP contribution in [0.15, 0.2) is 83.8 Å². The summed E-state index contributed by atoms with van der Waals surface area (Å²) < 4.78 is 66.8. The molecule has 0 fully saturated rings. The summed E-state index contributed by atoms with van der Waals surface area (Å²) in [6.45, 7) is 3.54. The van der Waals surface area contributed by atoms with Crippen LogP contribution in [0, 0.1) is 17.0 Å². The van der Waals surface area contributed by atoms with Crippen LogP contribution in [0.5, 0.6) is 46.0 Å². The van der Waals surface area contributed by atoms with Crippen LogP contribution in [0.25, 0.3) is 0 Å². The molecule has 4 heterocycles. The highest BCUT2D eigenvalue weighted by Gasteiger charge is 2.35. The zero-order valence-electron chi connectivity index (χ0n) is 35.9. The van der Waals surface area contributed by atoms with Crippen molar-refractivity contribution in [1.82, 2.24) is 14.5 Å². The number of hydrogen-bond acceptors (Lipinski definition) is 12. The van der Waals surface area contributed by atoms with Crippen molar-refractivity contribution in [2.45, 2.75) is 56.0 Å². The lowest BCUT2D eigenvalue weighted by Gasteiger charge is -2.37. The normalized spacial score (nSPS) is 17.5. The first-order valence-electron chi connectivity index (χ1n) is 20.7.